The van der Waals surface area contributed by atoms with Crippen LogP contribution in [0.15, 0.2) is 27.7 Å². The van der Waals surface area contributed by atoms with Crippen molar-refractivity contribution in [2.24, 2.45) is 10.9 Å². The fourth-order valence-corrected chi connectivity index (χ4v) is 8.30. The number of methoxy groups -OCH3 is 1. The highest BCUT2D eigenvalue weighted by Crippen LogP contribution is 2.40. The third-order valence-corrected chi connectivity index (χ3v) is 10.1. The van der Waals surface area contributed by atoms with Crippen molar-refractivity contribution in [1.82, 2.24) is 4.57 Å². The molecule has 4 rings (SSSR count). The number of halogens is 1. The first-order chi connectivity index (χ1) is 18.0. The molecule has 0 saturated carbocycles. The summed E-state index contributed by atoms with van der Waals surface area (Å²) in [6.07, 6.45) is 7.81. The number of fused-ring (bicyclic) bond motifs is 2. The number of ether oxygens (including phenoxy) is 1. The molecule has 1 atom stereocenters. The molecule has 0 bridgehead atoms. The predicted molar refractivity (Wildman–Crippen MR) is 151 cm³/mol. The summed E-state index contributed by atoms with van der Waals surface area (Å²) in [6.45, 7) is 2.26. The lowest BCUT2D eigenvalue weighted by Crippen LogP contribution is -2.28. The number of thiazole rings is 1. The summed E-state index contributed by atoms with van der Waals surface area (Å²) in [7, 11) is -2.90. The van der Waals surface area contributed by atoms with Crippen LogP contribution >= 0.6 is 38.6 Å². The third kappa shape index (κ3) is 6.26. The number of carbonyl (C=O) groups excluding carboxylic acids is 3. The van der Waals surface area contributed by atoms with E-state index in [0.29, 0.717) is 12.3 Å². The molecule has 0 spiro atoms. The van der Waals surface area contributed by atoms with Crippen LogP contribution in [-0.4, -0.2) is 49.4 Å². The van der Waals surface area contributed by atoms with Crippen molar-refractivity contribution in [3.8, 4) is 12.3 Å². The van der Waals surface area contributed by atoms with Crippen molar-refractivity contribution in [1.29, 1.82) is 0 Å². The molecular formula is C25H24BrN3O6S3. The van der Waals surface area contributed by atoms with Gasteiger partial charge >= 0.3 is 5.97 Å². The molecule has 1 unspecified atom stereocenters. The summed E-state index contributed by atoms with van der Waals surface area (Å²) in [4.78, 5) is 43.0. The van der Waals surface area contributed by atoms with Gasteiger partial charge in [0.05, 0.1) is 29.4 Å². The van der Waals surface area contributed by atoms with Crippen LogP contribution in [0, 0.1) is 18.3 Å². The van der Waals surface area contributed by atoms with E-state index in [0.717, 1.165) is 38.0 Å². The summed E-state index contributed by atoms with van der Waals surface area (Å²) in [5, 5.41) is 2.82. The van der Waals surface area contributed by atoms with Gasteiger partial charge in [0.25, 0.3) is 5.91 Å². The molecule has 0 radical (unpaired) electrons. The molecule has 3 aromatic rings. The van der Waals surface area contributed by atoms with Crippen LogP contribution in [0.2, 0.25) is 0 Å². The summed E-state index contributed by atoms with van der Waals surface area (Å²) in [6, 6.07) is 5.50. The van der Waals surface area contributed by atoms with E-state index >= 15 is 0 Å². The number of aromatic nitrogens is 1. The second-order valence-corrected chi connectivity index (χ2v) is 14.0. The number of sulfone groups is 1. The Bertz CT molecular complexity index is 1660. The number of nitrogens with one attached hydrogen (secondary N) is 1. The van der Waals surface area contributed by atoms with Gasteiger partial charge in [-0.05, 0) is 48.9 Å². The average Bonchev–Trinajstić information content (AvgIpc) is 3.34. The summed E-state index contributed by atoms with van der Waals surface area (Å²) >= 11 is 5.85. The second-order valence-electron chi connectivity index (χ2n) is 8.92. The molecule has 1 aliphatic carbocycles. The van der Waals surface area contributed by atoms with Crippen molar-refractivity contribution in [3.05, 3.63) is 43.5 Å². The number of thiophene rings is 1. The van der Waals surface area contributed by atoms with Crippen LogP contribution in [0.4, 0.5) is 5.00 Å². The maximum absolute atomic E-state index is 12.7. The lowest BCUT2D eigenvalue weighted by atomic mass is 9.88. The number of benzene rings is 1. The van der Waals surface area contributed by atoms with Gasteiger partial charge in [-0.2, -0.15) is 4.99 Å². The molecule has 2 heterocycles. The van der Waals surface area contributed by atoms with Crippen LogP contribution < -0.4 is 10.1 Å². The molecule has 13 heteroatoms. The third-order valence-electron chi connectivity index (χ3n) is 5.96. The monoisotopic (exact) mass is 637 g/mol. The highest BCUT2D eigenvalue weighted by molar-refractivity contribution is 9.10. The molecule has 0 saturated heterocycles. The normalized spacial score (nSPS) is 15.6. The number of terminal acetylenes is 1. The molecule has 0 fully saturated rings. The molecule has 9 nitrogen and oxygen atoms in total. The molecule has 1 N–H and O–H groups in total. The first-order valence-electron chi connectivity index (χ1n) is 11.5. The maximum atomic E-state index is 12.7. The number of rotatable bonds is 7. The Hall–Kier alpha value is -2.79. The van der Waals surface area contributed by atoms with Gasteiger partial charge in [0.15, 0.2) is 14.6 Å². The highest BCUT2D eigenvalue weighted by Gasteiger charge is 2.30. The Morgan fingerprint density at radius 1 is 1.29 bits per heavy atom. The minimum absolute atomic E-state index is 0.148. The second kappa shape index (κ2) is 11.5. The molecule has 1 aliphatic rings. The zero-order chi connectivity index (χ0) is 27.6. The highest BCUT2D eigenvalue weighted by atomic mass is 79.9. The predicted octanol–water partition coefficient (Wildman–Crippen LogP) is 3.55. The van der Waals surface area contributed by atoms with E-state index in [-0.39, 0.29) is 21.9 Å². The zero-order valence-corrected chi connectivity index (χ0v) is 24.6. The van der Waals surface area contributed by atoms with Gasteiger partial charge in [-0.15, -0.1) is 17.8 Å². The Morgan fingerprint density at radius 3 is 2.76 bits per heavy atom. The van der Waals surface area contributed by atoms with E-state index in [4.69, 9.17) is 11.2 Å². The van der Waals surface area contributed by atoms with Crippen LogP contribution in [0.5, 0.6) is 0 Å². The lowest BCUT2D eigenvalue weighted by Gasteiger charge is -2.18. The summed E-state index contributed by atoms with van der Waals surface area (Å²) in [5.41, 5.74) is 1.87. The van der Waals surface area contributed by atoms with Gasteiger partial charge in [0.1, 0.15) is 16.5 Å². The molecule has 1 aromatic carbocycles. The van der Waals surface area contributed by atoms with E-state index in [2.05, 4.69) is 39.1 Å². The number of hydrogen-bond donors (Lipinski definition) is 1. The van der Waals surface area contributed by atoms with Gasteiger partial charge in [-0.3, -0.25) is 9.59 Å². The number of anilines is 1. The molecule has 0 aliphatic heterocycles. The molecule has 2 amide bonds. The smallest absolute Gasteiger partial charge is 0.341 e. The van der Waals surface area contributed by atoms with E-state index < -0.39 is 39.1 Å². The topological polar surface area (TPSA) is 124 Å². The Balaban J connectivity index is 1.51. The Kier molecular flexibility index (Phi) is 8.56. The molecule has 2 aromatic heterocycles. The summed E-state index contributed by atoms with van der Waals surface area (Å²) < 4.78 is 33.6. The van der Waals surface area contributed by atoms with Crippen LogP contribution in [0.3, 0.4) is 0 Å². The molecule has 200 valence electrons. The standard InChI is InChI=1S/C25H24BrN3O6S3/c1-4-9-29-17-8-6-15(26)11-19(17)37-25(29)28-21(31)13-38(33,34)12-20(30)27-23-22(24(32)35-3)16-7-5-14(2)10-18(16)36-23/h1,6,8,11,14H,5,7,9-10,12-13H2,2-3H3,(H,27,30). The van der Waals surface area contributed by atoms with Crippen molar-refractivity contribution in [2.75, 3.05) is 23.9 Å². The van der Waals surface area contributed by atoms with Gasteiger partial charge in [0, 0.05) is 9.35 Å². The van der Waals surface area contributed by atoms with E-state index in [9.17, 15) is 22.8 Å². The first-order valence-corrected chi connectivity index (χ1v) is 15.8. The zero-order valence-electron chi connectivity index (χ0n) is 20.6. The fraction of sp³-hybridized carbons (Fsp3) is 0.360. The Morgan fingerprint density at radius 2 is 2.05 bits per heavy atom. The van der Waals surface area contributed by atoms with E-state index in [1.807, 2.05) is 18.2 Å². The van der Waals surface area contributed by atoms with Gasteiger partial charge in [0.2, 0.25) is 5.91 Å². The van der Waals surface area contributed by atoms with Crippen LogP contribution in [-0.2, 0) is 43.5 Å². The van der Waals surface area contributed by atoms with Gasteiger partial charge < -0.3 is 14.6 Å². The fourth-order valence-electron chi connectivity index (χ4n) is 4.27. The SMILES string of the molecule is C#CCn1c(=NC(=O)CS(=O)(=O)CC(=O)Nc2sc3c(c2C(=O)OC)CCC(C)C3)sc2cc(Br)ccc21. The minimum atomic E-state index is -4.15. The van der Waals surface area contributed by atoms with Crippen molar-refractivity contribution >= 4 is 81.4 Å². The summed E-state index contributed by atoms with van der Waals surface area (Å²) in [5.74, 6) is -1.27. The molecule has 38 heavy (non-hydrogen) atoms. The van der Waals surface area contributed by atoms with Crippen molar-refractivity contribution in [3.63, 3.8) is 0 Å². The minimum Gasteiger partial charge on any atom is -0.465 e. The van der Waals surface area contributed by atoms with Crippen LogP contribution in [0.1, 0.15) is 34.1 Å². The van der Waals surface area contributed by atoms with Crippen molar-refractivity contribution in [2.45, 2.75) is 32.7 Å². The lowest BCUT2D eigenvalue weighted by molar-refractivity contribution is -0.115. The largest absolute Gasteiger partial charge is 0.465 e. The van der Waals surface area contributed by atoms with E-state index in [1.54, 1.807) is 4.57 Å². The number of esters is 1. The number of hydrogen-bond acceptors (Lipinski definition) is 8. The van der Waals surface area contributed by atoms with Gasteiger partial charge in [-0.1, -0.05) is 40.1 Å². The molecular weight excluding hydrogens is 614 g/mol. The Labute approximate surface area is 236 Å². The first kappa shape index (κ1) is 28.2. The maximum Gasteiger partial charge on any atom is 0.341 e. The average molecular weight is 639 g/mol. The number of amides is 2. The quantitative estimate of drug-likeness (QED) is 0.312. The van der Waals surface area contributed by atoms with Crippen LogP contribution in [0.25, 0.3) is 10.2 Å². The van der Waals surface area contributed by atoms with Gasteiger partial charge in [-0.25, -0.2) is 13.2 Å². The van der Waals surface area contributed by atoms with E-state index in [1.165, 1.54) is 29.8 Å². The number of nitrogens with zero attached hydrogens (tertiary/aromatic N) is 2. The number of carbonyl (C=O) groups is 3. The van der Waals surface area contributed by atoms with Crippen molar-refractivity contribution < 1.29 is 27.5 Å².